The van der Waals surface area contributed by atoms with E-state index in [1.54, 1.807) is 0 Å². The number of anilines is 2. The van der Waals surface area contributed by atoms with E-state index in [-0.39, 0.29) is 20.9 Å². The first kappa shape index (κ1) is 14.7. The minimum Gasteiger partial charge on any atom is -0.308 e. The molecule has 2 rings (SSSR count). The minimum absolute atomic E-state index is 0.0382. The van der Waals surface area contributed by atoms with E-state index in [0.29, 0.717) is 0 Å². The molecule has 1 heterocycles. The van der Waals surface area contributed by atoms with Gasteiger partial charge in [-0.1, -0.05) is 0 Å². The number of nitrogens with two attached hydrogens (primary N) is 1. The van der Waals surface area contributed by atoms with Crippen LogP contribution in [0.15, 0.2) is 45.9 Å². The number of benzene rings is 1. The summed E-state index contributed by atoms with van der Waals surface area (Å²) in [4.78, 5) is 3.77. The lowest BCUT2D eigenvalue weighted by atomic mass is 10.3. The summed E-state index contributed by atoms with van der Waals surface area (Å²) in [5.41, 5.74) is 2.37. The number of pyridine rings is 1. The first-order chi connectivity index (χ1) is 9.42. The van der Waals surface area contributed by atoms with Crippen molar-refractivity contribution in [3.8, 4) is 0 Å². The average molecular weight is 361 g/mol. The maximum Gasteiger partial charge on any atom is 0.262 e. The number of halogens is 2. The van der Waals surface area contributed by atoms with Gasteiger partial charge in [-0.3, -0.25) is 4.72 Å². The number of sulfonamides is 1. The van der Waals surface area contributed by atoms with Gasteiger partial charge >= 0.3 is 0 Å². The fraction of sp³-hybridized carbons (Fsp3) is 0. The predicted octanol–water partition coefficient (Wildman–Crippen LogP) is 2.07. The molecule has 0 fully saturated rings. The van der Waals surface area contributed by atoms with Crippen LogP contribution in [-0.2, 0) is 10.0 Å². The van der Waals surface area contributed by atoms with Crippen molar-refractivity contribution >= 4 is 37.5 Å². The molecule has 20 heavy (non-hydrogen) atoms. The Morgan fingerprint density at radius 3 is 2.65 bits per heavy atom. The highest BCUT2D eigenvalue weighted by Crippen LogP contribution is 2.22. The Balaban J connectivity index is 2.32. The van der Waals surface area contributed by atoms with E-state index in [1.165, 1.54) is 30.5 Å². The van der Waals surface area contributed by atoms with Crippen molar-refractivity contribution < 1.29 is 12.8 Å². The zero-order valence-electron chi connectivity index (χ0n) is 9.97. The van der Waals surface area contributed by atoms with Gasteiger partial charge in [0.2, 0.25) is 0 Å². The predicted molar refractivity (Wildman–Crippen MR) is 77.0 cm³/mol. The molecule has 0 aliphatic heterocycles. The van der Waals surface area contributed by atoms with Crippen molar-refractivity contribution in [2.24, 2.45) is 5.84 Å². The van der Waals surface area contributed by atoms with E-state index in [9.17, 15) is 12.8 Å². The van der Waals surface area contributed by atoms with Crippen LogP contribution >= 0.6 is 15.9 Å². The second-order valence-electron chi connectivity index (χ2n) is 3.76. The summed E-state index contributed by atoms with van der Waals surface area (Å²) < 4.78 is 40.1. The highest BCUT2D eigenvalue weighted by atomic mass is 79.9. The molecule has 0 amide bonds. The van der Waals surface area contributed by atoms with Gasteiger partial charge in [0.05, 0.1) is 15.1 Å². The van der Waals surface area contributed by atoms with Gasteiger partial charge in [-0.2, -0.15) is 0 Å². The van der Waals surface area contributed by atoms with Crippen molar-refractivity contribution in [3.05, 3.63) is 46.8 Å². The molecule has 0 unspecified atom stereocenters. The molecule has 1 aromatic heterocycles. The van der Waals surface area contributed by atoms with Crippen molar-refractivity contribution in [3.63, 3.8) is 0 Å². The number of nitrogen functional groups attached to an aromatic ring is 1. The van der Waals surface area contributed by atoms with Gasteiger partial charge in [-0.05, 0) is 40.2 Å². The number of hydrogen-bond donors (Lipinski definition) is 3. The molecule has 4 N–H and O–H groups in total. The Morgan fingerprint density at radius 2 is 2.00 bits per heavy atom. The highest BCUT2D eigenvalue weighted by Gasteiger charge is 2.15. The lowest BCUT2D eigenvalue weighted by Gasteiger charge is -2.09. The summed E-state index contributed by atoms with van der Waals surface area (Å²) in [6.07, 6.45) is 1.30. The monoisotopic (exact) mass is 360 g/mol. The van der Waals surface area contributed by atoms with E-state index in [2.05, 4.69) is 31.1 Å². The quantitative estimate of drug-likeness (QED) is 0.572. The van der Waals surface area contributed by atoms with Crippen LogP contribution in [0.4, 0.5) is 15.9 Å². The van der Waals surface area contributed by atoms with Crippen LogP contribution in [0.2, 0.25) is 0 Å². The van der Waals surface area contributed by atoms with Gasteiger partial charge in [0.1, 0.15) is 11.6 Å². The number of nitrogens with one attached hydrogen (secondary N) is 2. The summed E-state index contributed by atoms with van der Waals surface area (Å²) >= 11 is 2.99. The van der Waals surface area contributed by atoms with Crippen molar-refractivity contribution in [1.29, 1.82) is 0 Å². The lowest BCUT2D eigenvalue weighted by Crippen LogP contribution is -2.15. The third-order valence-electron chi connectivity index (χ3n) is 2.36. The smallest absolute Gasteiger partial charge is 0.262 e. The third-order valence-corrected chi connectivity index (χ3v) is 4.38. The average Bonchev–Trinajstić information content (AvgIpc) is 2.43. The summed E-state index contributed by atoms with van der Waals surface area (Å²) in [5, 5.41) is 0. The largest absolute Gasteiger partial charge is 0.308 e. The van der Waals surface area contributed by atoms with Crippen molar-refractivity contribution in [2.45, 2.75) is 4.90 Å². The lowest BCUT2D eigenvalue weighted by molar-refractivity contribution is 0.601. The summed E-state index contributed by atoms with van der Waals surface area (Å²) in [6.45, 7) is 0. The topological polar surface area (TPSA) is 97.1 Å². The van der Waals surface area contributed by atoms with Crippen LogP contribution in [0, 0.1) is 5.82 Å². The molecule has 0 radical (unpaired) electrons. The fourth-order valence-corrected chi connectivity index (χ4v) is 2.74. The second kappa shape index (κ2) is 5.73. The van der Waals surface area contributed by atoms with Gasteiger partial charge < -0.3 is 5.43 Å². The molecule has 1 aromatic carbocycles. The Labute approximate surface area is 123 Å². The zero-order valence-corrected chi connectivity index (χ0v) is 12.4. The molecule has 0 saturated heterocycles. The zero-order chi connectivity index (χ0) is 14.8. The molecule has 6 nitrogen and oxygen atoms in total. The van der Waals surface area contributed by atoms with Crippen LogP contribution in [0.25, 0.3) is 0 Å². The Bertz CT molecular complexity index is 739. The molecule has 2 aromatic rings. The van der Waals surface area contributed by atoms with Gasteiger partial charge in [-0.25, -0.2) is 23.6 Å². The maximum absolute atomic E-state index is 13.4. The normalized spacial score (nSPS) is 11.2. The SMILES string of the molecule is NNc1cc(S(=O)(=O)Nc2ccc(Br)c(F)c2)ccn1. The minimum atomic E-state index is -3.84. The summed E-state index contributed by atoms with van der Waals surface area (Å²) in [7, 11) is -3.84. The van der Waals surface area contributed by atoms with Crippen LogP contribution in [0.3, 0.4) is 0 Å². The van der Waals surface area contributed by atoms with Gasteiger partial charge in [0.25, 0.3) is 10.0 Å². The van der Waals surface area contributed by atoms with Crippen molar-refractivity contribution in [1.82, 2.24) is 4.98 Å². The van der Waals surface area contributed by atoms with Crippen LogP contribution in [0.5, 0.6) is 0 Å². The molecular weight excluding hydrogens is 351 g/mol. The Kier molecular flexibility index (Phi) is 4.21. The molecule has 0 aliphatic carbocycles. The molecule has 106 valence electrons. The number of aromatic nitrogens is 1. The third kappa shape index (κ3) is 3.24. The molecule has 0 saturated carbocycles. The number of nitrogens with zero attached hydrogens (tertiary/aromatic N) is 1. The fourth-order valence-electron chi connectivity index (χ4n) is 1.43. The molecule has 0 atom stereocenters. The molecule has 0 bridgehead atoms. The first-order valence-corrected chi connectivity index (χ1v) is 7.60. The van der Waals surface area contributed by atoms with E-state index in [1.807, 2.05) is 0 Å². The summed E-state index contributed by atoms with van der Waals surface area (Å²) in [5.74, 6) is 4.81. The van der Waals surface area contributed by atoms with Crippen LogP contribution < -0.4 is 16.0 Å². The molecule has 0 aliphatic rings. The van der Waals surface area contributed by atoms with E-state index < -0.39 is 15.8 Å². The molecule has 9 heteroatoms. The number of hydrazine groups is 1. The standard InChI is InChI=1S/C11H10BrFN4O2S/c12-9-2-1-7(5-10(9)13)17-20(18,19)8-3-4-15-11(6-8)16-14/h1-6,17H,14H2,(H,15,16). The highest BCUT2D eigenvalue weighted by molar-refractivity contribution is 9.10. The molecular formula is C11H10BrFN4O2S. The maximum atomic E-state index is 13.4. The van der Waals surface area contributed by atoms with Crippen LogP contribution in [-0.4, -0.2) is 13.4 Å². The number of hydrogen-bond acceptors (Lipinski definition) is 5. The Hall–Kier alpha value is -1.71. The van der Waals surface area contributed by atoms with Gasteiger partial charge in [0.15, 0.2) is 0 Å². The molecule has 0 spiro atoms. The van der Waals surface area contributed by atoms with E-state index in [0.717, 1.165) is 6.07 Å². The number of rotatable bonds is 4. The van der Waals surface area contributed by atoms with Gasteiger partial charge in [-0.15, -0.1) is 0 Å². The van der Waals surface area contributed by atoms with Crippen LogP contribution in [0.1, 0.15) is 0 Å². The second-order valence-corrected chi connectivity index (χ2v) is 6.29. The first-order valence-electron chi connectivity index (χ1n) is 5.33. The van der Waals surface area contributed by atoms with Crippen molar-refractivity contribution in [2.75, 3.05) is 10.1 Å². The van der Waals surface area contributed by atoms with E-state index in [4.69, 9.17) is 5.84 Å². The van der Waals surface area contributed by atoms with E-state index >= 15 is 0 Å². The van der Waals surface area contributed by atoms with Gasteiger partial charge in [0, 0.05) is 12.3 Å². The summed E-state index contributed by atoms with van der Waals surface area (Å²) in [6, 6.07) is 6.49. The Morgan fingerprint density at radius 1 is 1.25 bits per heavy atom.